The highest BCUT2D eigenvalue weighted by Gasteiger charge is 2.75. The zero-order valence-corrected chi connectivity index (χ0v) is 20.4. The minimum atomic E-state index is -4.62. The Hall–Kier alpha value is -2.30. The van der Waals surface area contributed by atoms with Crippen LogP contribution in [0.1, 0.15) is 85.3 Å². The van der Waals surface area contributed by atoms with E-state index in [1.165, 1.54) is 0 Å². The SMILES string of the molecule is CC(C)(C)OC(=O)N(C(=O)OC(C)(C)C)C12CC(n3ccc([C@H]4C[C@@H](OC(F)(F)F)C4)n3)(C1)C2. The largest absolute Gasteiger partial charge is 0.522 e. The van der Waals surface area contributed by atoms with Gasteiger partial charge in [-0.05, 0) is 79.7 Å². The maximum atomic E-state index is 12.9. The molecule has 4 aliphatic carbocycles. The van der Waals surface area contributed by atoms with Gasteiger partial charge in [0, 0.05) is 12.1 Å². The number of carbonyl (C=O) groups is 2. The predicted molar refractivity (Wildman–Crippen MR) is 114 cm³/mol. The lowest BCUT2D eigenvalue weighted by Crippen LogP contribution is -2.80. The molecular formula is C23H32F3N3O5. The van der Waals surface area contributed by atoms with Crippen LogP contribution >= 0.6 is 0 Å². The Bertz CT molecular complexity index is 922. The normalized spacial score (nSPS) is 30.5. The molecule has 0 N–H and O–H groups in total. The molecule has 4 fully saturated rings. The number of halogens is 3. The molecule has 0 aliphatic heterocycles. The number of ether oxygens (including phenoxy) is 3. The predicted octanol–water partition coefficient (Wildman–Crippen LogP) is 5.47. The van der Waals surface area contributed by atoms with Gasteiger partial charge in [-0.1, -0.05) is 0 Å². The van der Waals surface area contributed by atoms with Gasteiger partial charge >= 0.3 is 18.5 Å². The summed E-state index contributed by atoms with van der Waals surface area (Å²) in [5.74, 6) is -0.0741. The Morgan fingerprint density at radius 3 is 1.94 bits per heavy atom. The van der Waals surface area contributed by atoms with Crippen molar-refractivity contribution in [3.8, 4) is 0 Å². The van der Waals surface area contributed by atoms with Crippen molar-refractivity contribution >= 4 is 12.2 Å². The zero-order chi connectivity index (χ0) is 25.3. The van der Waals surface area contributed by atoms with Gasteiger partial charge in [0.25, 0.3) is 0 Å². The molecule has 2 amide bonds. The van der Waals surface area contributed by atoms with Crippen molar-refractivity contribution < 1.29 is 37.0 Å². The average Bonchev–Trinajstić information content (AvgIpc) is 2.96. The van der Waals surface area contributed by atoms with Gasteiger partial charge in [0.1, 0.15) is 11.2 Å². The molecule has 8 nitrogen and oxygen atoms in total. The van der Waals surface area contributed by atoms with Gasteiger partial charge in [-0.25, -0.2) is 14.5 Å². The van der Waals surface area contributed by atoms with E-state index in [0.717, 1.165) is 10.6 Å². The first-order chi connectivity index (χ1) is 15.4. The first-order valence-corrected chi connectivity index (χ1v) is 11.5. The third-order valence-corrected chi connectivity index (χ3v) is 6.51. The van der Waals surface area contributed by atoms with E-state index in [-0.39, 0.29) is 24.3 Å². The Morgan fingerprint density at radius 2 is 1.50 bits per heavy atom. The Labute approximate surface area is 196 Å². The molecule has 4 aliphatic rings. The number of amides is 2. The van der Waals surface area contributed by atoms with E-state index in [4.69, 9.17) is 9.47 Å². The van der Waals surface area contributed by atoms with Gasteiger partial charge in [0.2, 0.25) is 0 Å². The van der Waals surface area contributed by atoms with Crippen molar-refractivity contribution in [3.05, 3.63) is 18.0 Å². The van der Waals surface area contributed by atoms with Gasteiger partial charge in [-0.15, -0.1) is 13.2 Å². The summed E-state index contributed by atoms with van der Waals surface area (Å²) in [6.45, 7) is 10.4. The van der Waals surface area contributed by atoms with Crippen molar-refractivity contribution in [3.63, 3.8) is 0 Å². The van der Waals surface area contributed by atoms with Crippen molar-refractivity contribution in [1.29, 1.82) is 0 Å². The third-order valence-electron chi connectivity index (χ3n) is 6.51. The van der Waals surface area contributed by atoms with Crippen LogP contribution < -0.4 is 0 Å². The molecule has 1 aromatic heterocycles. The monoisotopic (exact) mass is 487 g/mol. The highest BCUT2D eigenvalue weighted by molar-refractivity contribution is 5.90. The van der Waals surface area contributed by atoms with Crippen LogP contribution in [-0.2, 0) is 19.7 Å². The summed E-state index contributed by atoms with van der Waals surface area (Å²) >= 11 is 0. The van der Waals surface area contributed by atoms with Crippen molar-refractivity contribution in [2.24, 2.45) is 0 Å². The number of hydrogen-bond donors (Lipinski definition) is 0. The number of aromatic nitrogens is 2. The van der Waals surface area contributed by atoms with Gasteiger partial charge in [0.15, 0.2) is 0 Å². The van der Waals surface area contributed by atoms with E-state index in [1.807, 2.05) is 16.9 Å². The number of rotatable bonds is 4. The van der Waals surface area contributed by atoms with Crippen LogP contribution in [0, 0.1) is 0 Å². The summed E-state index contributed by atoms with van der Waals surface area (Å²) in [5.41, 5.74) is -1.83. The molecule has 1 heterocycles. The smallest absolute Gasteiger partial charge is 0.443 e. The Balaban J connectivity index is 1.42. The van der Waals surface area contributed by atoms with E-state index in [1.54, 1.807) is 41.5 Å². The molecule has 11 heteroatoms. The highest BCUT2D eigenvalue weighted by Crippen LogP contribution is 2.68. The van der Waals surface area contributed by atoms with Gasteiger partial charge < -0.3 is 9.47 Å². The fraction of sp³-hybridized carbons (Fsp3) is 0.783. The van der Waals surface area contributed by atoms with Crippen molar-refractivity contribution in [1.82, 2.24) is 14.7 Å². The first kappa shape index (κ1) is 24.8. The molecule has 0 aromatic carbocycles. The van der Waals surface area contributed by atoms with Crippen molar-refractivity contribution in [2.75, 3.05) is 0 Å². The lowest BCUT2D eigenvalue weighted by Gasteiger charge is -2.71. The van der Waals surface area contributed by atoms with Crippen LogP contribution in [0.15, 0.2) is 12.3 Å². The molecule has 4 saturated carbocycles. The lowest BCUT2D eigenvalue weighted by atomic mass is 9.43. The summed E-state index contributed by atoms with van der Waals surface area (Å²) in [6.07, 6.45) is -2.99. The Morgan fingerprint density at radius 1 is 1.00 bits per heavy atom. The van der Waals surface area contributed by atoms with Crippen LogP contribution in [0.5, 0.6) is 0 Å². The molecule has 0 saturated heterocycles. The van der Waals surface area contributed by atoms with Crippen LogP contribution in [0.2, 0.25) is 0 Å². The number of carbonyl (C=O) groups excluding carboxylic acids is 2. The van der Waals surface area contributed by atoms with E-state index < -0.39 is 41.4 Å². The van der Waals surface area contributed by atoms with Crippen LogP contribution in [0.25, 0.3) is 0 Å². The molecule has 1 aromatic rings. The van der Waals surface area contributed by atoms with Crippen LogP contribution in [0.3, 0.4) is 0 Å². The number of hydrogen-bond acceptors (Lipinski definition) is 6. The van der Waals surface area contributed by atoms with E-state index >= 15 is 0 Å². The number of alkyl halides is 3. The van der Waals surface area contributed by atoms with E-state index in [9.17, 15) is 22.8 Å². The lowest BCUT2D eigenvalue weighted by molar-refractivity contribution is -0.351. The minimum absolute atomic E-state index is 0.0741. The summed E-state index contributed by atoms with van der Waals surface area (Å²) < 4.78 is 54.0. The Kier molecular flexibility index (Phi) is 5.54. The molecule has 5 rings (SSSR count). The molecule has 0 radical (unpaired) electrons. The van der Waals surface area contributed by atoms with Crippen LogP contribution in [0.4, 0.5) is 22.8 Å². The summed E-state index contributed by atoms with van der Waals surface area (Å²) in [5, 5.41) is 4.62. The molecule has 2 bridgehead atoms. The number of imide groups is 1. The molecule has 190 valence electrons. The zero-order valence-electron chi connectivity index (χ0n) is 20.4. The fourth-order valence-electron chi connectivity index (χ4n) is 5.15. The standard InChI is InChI=1S/C23H32F3N3O5/c1-19(2,3)33-17(30)29(18(31)34-20(4,5)6)22-11-21(12-22,13-22)28-8-7-16(27-28)14-9-15(10-14)32-23(24,25)26/h7-8,14-15H,9-13H2,1-6H3/t14-,15+,21?,22?. The quantitative estimate of drug-likeness (QED) is 0.560. The van der Waals surface area contributed by atoms with Gasteiger partial charge in [-0.2, -0.15) is 5.10 Å². The maximum absolute atomic E-state index is 12.9. The highest BCUT2D eigenvalue weighted by atomic mass is 19.4. The molecule has 0 spiro atoms. The first-order valence-electron chi connectivity index (χ1n) is 11.5. The maximum Gasteiger partial charge on any atom is 0.522 e. The summed E-state index contributed by atoms with van der Waals surface area (Å²) in [6, 6.07) is 1.82. The van der Waals surface area contributed by atoms with Crippen molar-refractivity contribution in [2.45, 2.75) is 114 Å². The second-order valence-electron chi connectivity index (χ2n) is 11.8. The third kappa shape index (κ3) is 4.76. The fourth-order valence-corrected chi connectivity index (χ4v) is 5.15. The second-order valence-corrected chi connectivity index (χ2v) is 11.8. The van der Waals surface area contributed by atoms with E-state index in [0.29, 0.717) is 19.3 Å². The summed E-state index contributed by atoms with van der Waals surface area (Å²) in [7, 11) is 0. The summed E-state index contributed by atoms with van der Waals surface area (Å²) in [4.78, 5) is 27.0. The average molecular weight is 488 g/mol. The van der Waals surface area contributed by atoms with Gasteiger partial charge in [-0.3, -0.25) is 9.42 Å². The van der Waals surface area contributed by atoms with E-state index in [2.05, 4.69) is 9.84 Å². The molecule has 0 atom stereocenters. The van der Waals surface area contributed by atoms with Gasteiger partial charge in [0.05, 0.1) is 22.9 Å². The van der Waals surface area contributed by atoms with Crippen LogP contribution in [-0.4, -0.2) is 56.1 Å². The topological polar surface area (TPSA) is 82.9 Å². The molecular weight excluding hydrogens is 455 g/mol. The molecule has 34 heavy (non-hydrogen) atoms. The molecule has 0 unspecified atom stereocenters. The second kappa shape index (κ2) is 7.60. The number of nitrogens with zero attached hydrogens (tertiary/aromatic N) is 3. The minimum Gasteiger partial charge on any atom is -0.443 e.